The molecule has 5 rings (SSSR count). The number of benzene rings is 1. The van der Waals surface area contributed by atoms with Crippen LogP contribution < -0.4 is 5.32 Å². The Morgan fingerprint density at radius 3 is 2.60 bits per heavy atom. The average Bonchev–Trinajstić information content (AvgIpc) is 3.26. The summed E-state index contributed by atoms with van der Waals surface area (Å²) in [5, 5.41) is 2.87. The van der Waals surface area contributed by atoms with Crippen LogP contribution in [0.2, 0.25) is 0 Å². The van der Waals surface area contributed by atoms with Crippen molar-refractivity contribution in [2.24, 2.45) is 0 Å². The van der Waals surface area contributed by atoms with Gasteiger partial charge in [-0.05, 0) is 30.0 Å². The maximum absolute atomic E-state index is 12.9. The topological polar surface area (TPSA) is 67.4 Å². The van der Waals surface area contributed by atoms with Gasteiger partial charge in [0, 0.05) is 48.7 Å². The average molecular weight is 421 g/mol. The quantitative estimate of drug-likeness (QED) is 0.695. The second-order valence-electron chi connectivity index (χ2n) is 7.74. The van der Waals surface area contributed by atoms with Gasteiger partial charge in [0.1, 0.15) is 0 Å². The highest BCUT2D eigenvalue weighted by Crippen LogP contribution is 2.46. The molecule has 1 amide bonds. The van der Waals surface area contributed by atoms with E-state index in [1.807, 2.05) is 22.3 Å². The number of rotatable bonds is 3. The highest BCUT2D eigenvalue weighted by atomic mass is 32.1. The lowest BCUT2D eigenvalue weighted by Crippen LogP contribution is -2.48. The van der Waals surface area contributed by atoms with Gasteiger partial charge in [0.2, 0.25) is 5.95 Å². The molecular weight excluding hydrogens is 396 g/mol. The molecule has 6 nitrogen and oxygen atoms in total. The Bertz CT molecular complexity index is 1040. The third kappa shape index (κ3) is 3.38. The molecule has 154 valence electrons. The molecule has 4 heterocycles. The van der Waals surface area contributed by atoms with E-state index in [0.717, 1.165) is 25.9 Å². The molecular formula is C23H24N4O2S. The van der Waals surface area contributed by atoms with Gasteiger partial charge in [0.15, 0.2) is 0 Å². The first-order valence-corrected chi connectivity index (χ1v) is 11.1. The molecule has 1 fully saturated rings. The second-order valence-corrected chi connectivity index (χ2v) is 8.88. The Morgan fingerprint density at radius 1 is 1.17 bits per heavy atom. The summed E-state index contributed by atoms with van der Waals surface area (Å²) in [6.07, 6.45) is 5.77. The zero-order valence-electron chi connectivity index (χ0n) is 16.9. The molecule has 2 aliphatic heterocycles. The summed E-state index contributed by atoms with van der Waals surface area (Å²) in [5.74, 6) is 0.498. The number of nitrogens with zero attached hydrogens (tertiary/aromatic N) is 3. The fourth-order valence-electron chi connectivity index (χ4n) is 4.40. The fraction of sp³-hybridized carbons (Fsp3) is 0.348. The molecule has 0 bridgehead atoms. The van der Waals surface area contributed by atoms with Crippen LogP contribution in [-0.4, -0.2) is 47.5 Å². The molecule has 1 N–H and O–H groups in total. The molecule has 1 aromatic carbocycles. The molecule has 2 aromatic heterocycles. The lowest BCUT2D eigenvalue weighted by molar-refractivity contribution is -0.0926. The van der Waals surface area contributed by atoms with E-state index in [1.165, 1.54) is 20.9 Å². The number of amides is 1. The maximum Gasteiger partial charge on any atom is 0.256 e. The van der Waals surface area contributed by atoms with Gasteiger partial charge >= 0.3 is 0 Å². The van der Waals surface area contributed by atoms with E-state index in [-0.39, 0.29) is 11.5 Å². The molecule has 30 heavy (non-hydrogen) atoms. The highest BCUT2D eigenvalue weighted by Gasteiger charge is 2.43. The van der Waals surface area contributed by atoms with Gasteiger partial charge in [0.25, 0.3) is 5.91 Å². The minimum Gasteiger partial charge on any atom is -0.370 e. The minimum absolute atomic E-state index is 0.0150. The first-order valence-electron chi connectivity index (χ1n) is 10.3. The number of carbonyl (C=O) groups is 1. The van der Waals surface area contributed by atoms with Crippen LogP contribution in [0.15, 0.2) is 48.8 Å². The standard InChI is InChI=1S/C23H24N4O2S/c1-24-22-25-14-17(15-26-22)21(28)27-10-8-23(9-11-27)18-13-20(16-5-3-2-4-6-16)30-19(18)7-12-29-23/h2-6,13-15H,7-12H2,1H3,(H,24,25,26). The highest BCUT2D eigenvalue weighted by molar-refractivity contribution is 7.15. The summed E-state index contributed by atoms with van der Waals surface area (Å²) >= 11 is 1.88. The van der Waals surface area contributed by atoms with Gasteiger partial charge in [0.05, 0.1) is 17.8 Å². The molecule has 2 aliphatic rings. The number of likely N-dealkylation sites (tertiary alicyclic amines) is 1. The first-order chi connectivity index (χ1) is 14.7. The largest absolute Gasteiger partial charge is 0.370 e. The monoisotopic (exact) mass is 420 g/mol. The van der Waals surface area contributed by atoms with Crippen molar-refractivity contribution < 1.29 is 9.53 Å². The van der Waals surface area contributed by atoms with E-state index < -0.39 is 0 Å². The summed E-state index contributed by atoms with van der Waals surface area (Å²) in [6, 6.07) is 12.8. The number of ether oxygens (including phenoxy) is 1. The van der Waals surface area contributed by atoms with Crippen LogP contribution in [-0.2, 0) is 16.8 Å². The Morgan fingerprint density at radius 2 is 1.90 bits per heavy atom. The summed E-state index contributed by atoms with van der Waals surface area (Å²) in [6.45, 7) is 2.08. The number of aromatic nitrogens is 2. The number of anilines is 1. The van der Waals surface area contributed by atoms with Crippen LogP contribution in [0.4, 0.5) is 5.95 Å². The molecule has 0 aliphatic carbocycles. The van der Waals surface area contributed by atoms with E-state index in [9.17, 15) is 4.79 Å². The molecule has 3 aromatic rings. The third-order valence-corrected chi connectivity index (χ3v) is 7.29. The van der Waals surface area contributed by atoms with Crippen LogP contribution in [0.1, 0.15) is 33.6 Å². The van der Waals surface area contributed by atoms with Crippen LogP contribution >= 0.6 is 11.3 Å². The van der Waals surface area contributed by atoms with E-state index in [2.05, 4.69) is 45.6 Å². The number of carbonyl (C=O) groups excluding carboxylic acids is 1. The van der Waals surface area contributed by atoms with Crippen molar-refractivity contribution in [3.8, 4) is 10.4 Å². The number of hydrogen-bond acceptors (Lipinski definition) is 6. The van der Waals surface area contributed by atoms with Gasteiger partial charge in [-0.3, -0.25) is 4.79 Å². The SMILES string of the molecule is CNc1ncc(C(=O)N2CCC3(CC2)OCCc2sc(-c4ccccc4)cc23)cn1. The second kappa shape index (κ2) is 7.81. The normalized spacial score (nSPS) is 17.6. The van der Waals surface area contributed by atoms with E-state index in [0.29, 0.717) is 24.6 Å². The van der Waals surface area contributed by atoms with E-state index in [1.54, 1.807) is 19.4 Å². The molecule has 0 atom stereocenters. The Labute approximate surface area is 179 Å². The molecule has 1 saturated heterocycles. The lowest BCUT2D eigenvalue weighted by Gasteiger charge is -2.44. The van der Waals surface area contributed by atoms with Crippen molar-refractivity contribution in [3.05, 3.63) is 64.8 Å². The Hall–Kier alpha value is -2.77. The van der Waals surface area contributed by atoms with E-state index >= 15 is 0 Å². The van der Waals surface area contributed by atoms with Gasteiger partial charge < -0.3 is 15.0 Å². The van der Waals surface area contributed by atoms with Gasteiger partial charge in [-0.25, -0.2) is 9.97 Å². The molecule has 0 radical (unpaired) electrons. The predicted molar refractivity (Wildman–Crippen MR) is 118 cm³/mol. The number of thiophene rings is 1. The zero-order chi connectivity index (χ0) is 20.6. The van der Waals surface area contributed by atoms with Crippen LogP contribution in [0.5, 0.6) is 0 Å². The van der Waals surface area contributed by atoms with Crippen molar-refractivity contribution in [2.45, 2.75) is 24.9 Å². The Balaban J connectivity index is 1.35. The summed E-state index contributed by atoms with van der Waals surface area (Å²) < 4.78 is 6.38. The number of hydrogen-bond donors (Lipinski definition) is 1. The predicted octanol–water partition coefficient (Wildman–Crippen LogP) is 3.95. The zero-order valence-corrected chi connectivity index (χ0v) is 17.7. The van der Waals surface area contributed by atoms with Crippen LogP contribution in [0, 0.1) is 0 Å². The molecule has 7 heteroatoms. The number of piperidine rings is 1. The molecule has 0 unspecified atom stereocenters. The molecule has 0 saturated carbocycles. The van der Waals surface area contributed by atoms with Crippen molar-refractivity contribution in [2.75, 3.05) is 32.1 Å². The smallest absolute Gasteiger partial charge is 0.256 e. The lowest BCUT2D eigenvalue weighted by atomic mass is 9.82. The number of nitrogens with one attached hydrogen (secondary N) is 1. The fourth-order valence-corrected chi connectivity index (χ4v) is 5.63. The van der Waals surface area contributed by atoms with Crippen LogP contribution in [0.3, 0.4) is 0 Å². The van der Waals surface area contributed by atoms with Crippen molar-refractivity contribution in [1.29, 1.82) is 0 Å². The summed E-state index contributed by atoms with van der Waals surface area (Å²) in [5.41, 5.74) is 2.83. The first kappa shape index (κ1) is 19.2. The van der Waals surface area contributed by atoms with Crippen LogP contribution in [0.25, 0.3) is 10.4 Å². The van der Waals surface area contributed by atoms with Crippen molar-refractivity contribution >= 4 is 23.2 Å². The third-order valence-electron chi connectivity index (χ3n) is 6.05. The number of fused-ring (bicyclic) bond motifs is 2. The minimum atomic E-state index is -0.277. The van der Waals surface area contributed by atoms with Gasteiger partial charge in [-0.2, -0.15) is 0 Å². The maximum atomic E-state index is 12.9. The summed E-state index contributed by atoms with van der Waals surface area (Å²) in [4.78, 5) is 25.8. The molecule has 1 spiro atoms. The summed E-state index contributed by atoms with van der Waals surface area (Å²) in [7, 11) is 1.76. The van der Waals surface area contributed by atoms with Gasteiger partial charge in [-0.1, -0.05) is 30.3 Å². The van der Waals surface area contributed by atoms with E-state index in [4.69, 9.17) is 4.74 Å². The van der Waals surface area contributed by atoms with Crippen molar-refractivity contribution in [3.63, 3.8) is 0 Å². The Kier molecular flexibility index (Phi) is 5.00. The van der Waals surface area contributed by atoms with Gasteiger partial charge in [-0.15, -0.1) is 11.3 Å². The van der Waals surface area contributed by atoms with Crippen molar-refractivity contribution in [1.82, 2.24) is 14.9 Å².